The zero-order valence-corrected chi connectivity index (χ0v) is 14.3. The first-order valence-corrected chi connectivity index (χ1v) is 8.25. The summed E-state index contributed by atoms with van der Waals surface area (Å²) in [7, 11) is 0. The molecule has 8 nitrogen and oxygen atoms in total. The number of nitrogens with zero attached hydrogens (tertiary/aromatic N) is 3. The summed E-state index contributed by atoms with van der Waals surface area (Å²) in [4.78, 5) is 39.7. The largest absolute Gasteiger partial charge is 0.352 e. The van der Waals surface area contributed by atoms with Gasteiger partial charge in [-0.15, -0.1) is 0 Å². The lowest BCUT2D eigenvalue weighted by Gasteiger charge is -2.33. The number of piperazine rings is 1. The molecule has 0 saturated carbocycles. The fourth-order valence-electron chi connectivity index (χ4n) is 2.87. The average molecular weight is 343 g/mol. The number of carbonyl (C=O) groups is 3. The third kappa shape index (κ3) is 3.62. The minimum absolute atomic E-state index is 0.0182. The van der Waals surface area contributed by atoms with E-state index >= 15 is 0 Å². The molecule has 2 aromatic rings. The normalized spacial score (nSPS) is 15.1. The van der Waals surface area contributed by atoms with E-state index in [1.807, 2.05) is 38.1 Å². The summed E-state index contributed by atoms with van der Waals surface area (Å²) >= 11 is 0. The topological polar surface area (TPSA) is 98.4 Å². The number of fused-ring (bicyclic) bond motifs is 1. The zero-order valence-electron chi connectivity index (χ0n) is 14.3. The van der Waals surface area contributed by atoms with Gasteiger partial charge in [-0.05, 0) is 19.9 Å². The van der Waals surface area contributed by atoms with Crippen LogP contribution in [0.25, 0.3) is 10.9 Å². The van der Waals surface area contributed by atoms with E-state index in [1.165, 1.54) is 9.80 Å². The van der Waals surface area contributed by atoms with Crippen LogP contribution in [0.2, 0.25) is 0 Å². The monoisotopic (exact) mass is 343 g/mol. The van der Waals surface area contributed by atoms with E-state index in [0.29, 0.717) is 18.8 Å². The van der Waals surface area contributed by atoms with Crippen molar-refractivity contribution in [3.8, 4) is 0 Å². The average Bonchev–Trinajstić information content (AvgIpc) is 2.99. The summed E-state index contributed by atoms with van der Waals surface area (Å²) in [6.07, 6.45) is 0. The van der Waals surface area contributed by atoms with Gasteiger partial charge >= 0.3 is 0 Å². The van der Waals surface area contributed by atoms with Crippen molar-refractivity contribution >= 4 is 28.6 Å². The van der Waals surface area contributed by atoms with Gasteiger partial charge in [-0.1, -0.05) is 18.2 Å². The molecule has 2 N–H and O–H groups in total. The smallest absolute Gasteiger partial charge is 0.275 e. The Bertz CT molecular complexity index is 813. The predicted molar refractivity (Wildman–Crippen MR) is 91.9 cm³/mol. The van der Waals surface area contributed by atoms with Gasteiger partial charge in [0.15, 0.2) is 5.69 Å². The molecular formula is C17H21N5O3. The van der Waals surface area contributed by atoms with Crippen LogP contribution in [-0.4, -0.2) is 69.9 Å². The van der Waals surface area contributed by atoms with Gasteiger partial charge in [-0.2, -0.15) is 5.10 Å². The number of para-hydroxylation sites is 1. The molecule has 1 aromatic carbocycles. The van der Waals surface area contributed by atoms with Crippen molar-refractivity contribution in [1.29, 1.82) is 0 Å². The molecule has 1 aliphatic heterocycles. The van der Waals surface area contributed by atoms with E-state index in [9.17, 15) is 14.4 Å². The second-order valence-corrected chi connectivity index (χ2v) is 6.38. The van der Waals surface area contributed by atoms with Crippen LogP contribution in [-0.2, 0) is 9.59 Å². The van der Waals surface area contributed by atoms with Gasteiger partial charge in [0, 0.05) is 24.5 Å². The molecule has 2 heterocycles. The molecule has 0 aliphatic carbocycles. The van der Waals surface area contributed by atoms with Crippen LogP contribution in [0, 0.1) is 0 Å². The number of carbonyl (C=O) groups excluding carboxylic acids is 3. The quantitative estimate of drug-likeness (QED) is 0.838. The number of benzene rings is 1. The lowest BCUT2D eigenvalue weighted by molar-refractivity contribution is -0.139. The summed E-state index contributed by atoms with van der Waals surface area (Å²) < 4.78 is 0. The van der Waals surface area contributed by atoms with Crippen LogP contribution in [0.3, 0.4) is 0 Å². The van der Waals surface area contributed by atoms with Crippen LogP contribution < -0.4 is 5.32 Å². The maximum Gasteiger partial charge on any atom is 0.275 e. The Hall–Kier alpha value is -2.90. The second kappa shape index (κ2) is 6.92. The van der Waals surface area contributed by atoms with Gasteiger partial charge in [-0.3, -0.25) is 19.5 Å². The number of rotatable bonds is 4. The van der Waals surface area contributed by atoms with E-state index in [-0.39, 0.29) is 36.9 Å². The summed E-state index contributed by atoms with van der Waals surface area (Å²) in [5.74, 6) is -0.711. The fourth-order valence-corrected chi connectivity index (χ4v) is 2.87. The summed E-state index contributed by atoms with van der Waals surface area (Å²) in [6, 6.07) is 7.39. The molecule has 3 amide bonds. The van der Waals surface area contributed by atoms with Crippen LogP contribution in [0.1, 0.15) is 24.3 Å². The van der Waals surface area contributed by atoms with E-state index in [0.717, 1.165) is 10.9 Å². The van der Waals surface area contributed by atoms with Crippen LogP contribution >= 0.6 is 0 Å². The lowest BCUT2D eigenvalue weighted by atomic mass is 10.2. The van der Waals surface area contributed by atoms with Crippen molar-refractivity contribution < 1.29 is 14.4 Å². The molecular weight excluding hydrogens is 322 g/mol. The van der Waals surface area contributed by atoms with Crippen molar-refractivity contribution in [3.05, 3.63) is 30.0 Å². The Morgan fingerprint density at radius 3 is 2.76 bits per heavy atom. The molecule has 1 aromatic heterocycles. The van der Waals surface area contributed by atoms with E-state index in [1.54, 1.807) is 0 Å². The number of aromatic nitrogens is 2. The highest BCUT2D eigenvalue weighted by Crippen LogP contribution is 2.17. The van der Waals surface area contributed by atoms with Gasteiger partial charge < -0.3 is 15.1 Å². The third-order valence-electron chi connectivity index (χ3n) is 4.06. The highest BCUT2D eigenvalue weighted by molar-refractivity contribution is 6.05. The van der Waals surface area contributed by atoms with E-state index in [2.05, 4.69) is 15.5 Å². The number of amides is 3. The minimum atomic E-state index is -0.280. The fraction of sp³-hybridized carbons (Fsp3) is 0.412. The van der Waals surface area contributed by atoms with Crippen molar-refractivity contribution in [2.24, 2.45) is 0 Å². The van der Waals surface area contributed by atoms with Gasteiger partial charge in [0.2, 0.25) is 11.8 Å². The van der Waals surface area contributed by atoms with Crippen molar-refractivity contribution in [2.75, 3.05) is 26.2 Å². The minimum Gasteiger partial charge on any atom is -0.352 e. The predicted octanol–water partition coefficient (Wildman–Crippen LogP) is 0.372. The SMILES string of the molecule is CC(C)NC(=O)CN1CCN(C(=O)c2n[nH]c3ccccc23)CC1=O. The molecule has 132 valence electrons. The van der Waals surface area contributed by atoms with E-state index < -0.39 is 0 Å². The Balaban J connectivity index is 1.65. The molecule has 3 rings (SSSR count). The first kappa shape index (κ1) is 16.9. The Morgan fingerprint density at radius 1 is 1.28 bits per heavy atom. The maximum atomic E-state index is 12.7. The summed E-state index contributed by atoms with van der Waals surface area (Å²) in [5.41, 5.74) is 1.09. The molecule has 0 bridgehead atoms. The van der Waals surface area contributed by atoms with Gasteiger partial charge in [0.1, 0.15) is 6.54 Å². The third-order valence-corrected chi connectivity index (χ3v) is 4.06. The summed E-state index contributed by atoms with van der Waals surface area (Å²) in [5, 5.41) is 10.4. The number of hydrogen-bond donors (Lipinski definition) is 2. The number of hydrogen-bond acceptors (Lipinski definition) is 4. The van der Waals surface area contributed by atoms with Crippen molar-refractivity contribution in [2.45, 2.75) is 19.9 Å². The van der Waals surface area contributed by atoms with Crippen LogP contribution in [0.5, 0.6) is 0 Å². The standard InChI is InChI=1S/C17H21N5O3/c1-11(2)18-14(23)9-21-7-8-22(10-15(21)24)17(25)16-12-5-3-4-6-13(12)19-20-16/h3-6,11H,7-10H2,1-2H3,(H,18,23)(H,19,20). The highest BCUT2D eigenvalue weighted by atomic mass is 16.2. The maximum absolute atomic E-state index is 12.7. The molecule has 0 radical (unpaired) electrons. The van der Waals surface area contributed by atoms with Crippen molar-refractivity contribution in [1.82, 2.24) is 25.3 Å². The first-order valence-electron chi connectivity index (χ1n) is 8.25. The molecule has 0 spiro atoms. The number of H-pyrrole nitrogens is 1. The number of aromatic amines is 1. The Labute approximate surface area is 145 Å². The second-order valence-electron chi connectivity index (χ2n) is 6.38. The van der Waals surface area contributed by atoms with Crippen molar-refractivity contribution in [3.63, 3.8) is 0 Å². The molecule has 8 heteroatoms. The molecule has 0 unspecified atom stereocenters. The molecule has 1 aliphatic rings. The van der Waals surface area contributed by atoms with Gasteiger partial charge in [-0.25, -0.2) is 0 Å². The Kier molecular flexibility index (Phi) is 4.69. The van der Waals surface area contributed by atoms with E-state index in [4.69, 9.17) is 0 Å². The first-order chi connectivity index (χ1) is 12.0. The molecule has 25 heavy (non-hydrogen) atoms. The summed E-state index contributed by atoms with van der Waals surface area (Å²) in [6.45, 7) is 4.41. The molecule has 0 atom stereocenters. The van der Waals surface area contributed by atoms with Crippen LogP contribution in [0.15, 0.2) is 24.3 Å². The highest BCUT2D eigenvalue weighted by Gasteiger charge is 2.30. The van der Waals surface area contributed by atoms with Crippen LogP contribution in [0.4, 0.5) is 0 Å². The molecule has 1 saturated heterocycles. The zero-order chi connectivity index (χ0) is 18.0. The Morgan fingerprint density at radius 2 is 2.04 bits per heavy atom. The number of nitrogens with one attached hydrogen (secondary N) is 2. The van der Waals surface area contributed by atoms with Gasteiger partial charge in [0.05, 0.1) is 12.1 Å². The molecule has 1 fully saturated rings. The van der Waals surface area contributed by atoms with Gasteiger partial charge in [0.25, 0.3) is 5.91 Å². The lowest BCUT2D eigenvalue weighted by Crippen LogP contribution is -2.54.